The van der Waals surface area contributed by atoms with Crippen molar-refractivity contribution in [2.24, 2.45) is 5.73 Å². The summed E-state index contributed by atoms with van der Waals surface area (Å²) < 4.78 is 5.42. The molecule has 0 spiro atoms. The van der Waals surface area contributed by atoms with Crippen LogP contribution in [0.15, 0.2) is 12.4 Å². The fraction of sp³-hybridized carbons (Fsp3) is 0.714. The summed E-state index contributed by atoms with van der Waals surface area (Å²) in [4.78, 5) is 11.1. The molecule has 5 nitrogen and oxygen atoms in total. The van der Waals surface area contributed by atoms with E-state index in [2.05, 4.69) is 21.8 Å². The van der Waals surface area contributed by atoms with E-state index in [-0.39, 0.29) is 6.04 Å². The molecule has 1 aromatic rings. The lowest BCUT2D eigenvalue weighted by Gasteiger charge is -2.31. The highest BCUT2D eigenvalue weighted by Gasteiger charge is 2.21. The van der Waals surface area contributed by atoms with E-state index in [1.807, 2.05) is 12.4 Å². The van der Waals surface area contributed by atoms with Gasteiger partial charge in [-0.25, -0.2) is 9.97 Å². The van der Waals surface area contributed by atoms with Gasteiger partial charge in [-0.3, -0.25) is 0 Å². The topological polar surface area (TPSA) is 64.3 Å². The quantitative estimate of drug-likeness (QED) is 0.870. The van der Waals surface area contributed by atoms with E-state index in [1.54, 1.807) is 7.11 Å². The van der Waals surface area contributed by atoms with Gasteiger partial charge in [-0.15, -0.1) is 0 Å². The van der Waals surface area contributed by atoms with E-state index in [4.69, 9.17) is 10.5 Å². The van der Waals surface area contributed by atoms with E-state index in [0.717, 1.165) is 50.3 Å². The zero-order chi connectivity index (χ0) is 13.7. The van der Waals surface area contributed by atoms with Gasteiger partial charge in [0.15, 0.2) is 0 Å². The maximum absolute atomic E-state index is 5.94. The van der Waals surface area contributed by atoms with Crippen LogP contribution in [0.5, 0.6) is 0 Å². The van der Waals surface area contributed by atoms with E-state index < -0.39 is 0 Å². The Morgan fingerprint density at radius 3 is 2.84 bits per heavy atom. The summed E-state index contributed by atoms with van der Waals surface area (Å²) in [5, 5.41) is 0. The zero-order valence-corrected chi connectivity index (χ0v) is 11.9. The molecule has 1 aliphatic heterocycles. The average molecular weight is 264 g/mol. The van der Waals surface area contributed by atoms with Gasteiger partial charge in [-0.05, 0) is 31.2 Å². The van der Waals surface area contributed by atoms with Crippen LogP contribution in [0.25, 0.3) is 0 Å². The van der Waals surface area contributed by atoms with Gasteiger partial charge in [-0.2, -0.15) is 0 Å². The van der Waals surface area contributed by atoms with Crippen molar-refractivity contribution in [2.45, 2.75) is 44.8 Å². The molecular formula is C14H24N4O. The zero-order valence-electron chi connectivity index (χ0n) is 11.9. The number of nitrogens with zero attached hydrogens (tertiary/aromatic N) is 3. The summed E-state index contributed by atoms with van der Waals surface area (Å²) in [6.45, 7) is 3.98. The average Bonchev–Trinajstić information content (AvgIpc) is 2.48. The standard InChI is InChI=1S/C14H24N4O/c1-3-12(15)7-11-8-16-14(17-9-11)18-6-4-5-13(10-18)19-2/h8-9,12-13H,3-7,10,15H2,1-2H3. The number of rotatable bonds is 5. The largest absolute Gasteiger partial charge is 0.380 e. The Bertz CT molecular complexity index is 382. The van der Waals surface area contributed by atoms with Gasteiger partial charge in [0.05, 0.1) is 6.10 Å². The van der Waals surface area contributed by atoms with Crippen LogP contribution in [0.1, 0.15) is 31.7 Å². The van der Waals surface area contributed by atoms with Crippen molar-refractivity contribution in [1.29, 1.82) is 0 Å². The second-order valence-corrected chi connectivity index (χ2v) is 5.21. The summed E-state index contributed by atoms with van der Waals surface area (Å²) in [6, 6.07) is 0.197. The van der Waals surface area contributed by atoms with E-state index >= 15 is 0 Å². The normalized spacial score (nSPS) is 21.4. The van der Waals surface area contributed by atoms with Crippen LogP contribution < -0.4 is 10.6 Å². The maximum Gasteiger partial charge on any atom is 0.225 e. The van der Waals surface area contributed by atoms with Gasteiger partial charge >= 0.3 is 0 Å². The molecule has 2 heterocycles. The van der Waals surface area contributed by atoms with E-state index in [1.165, 1.54) is 0 Å². The fourth-order valence-corrected chi connectivity index (χ4v) is 2.38. The van der Waals surface area contributed by atoms with Crippen LogP contribution in [0.4, 0.5) is 5.95 Å². The van der Waals surface area contributed by atoms with Gasteiger partial charge < -0.3 is 15.4 Å². The third-order valence-corrected chi connectivity index (χ3v) is 3.71. The van der Waals surface area contributed by atoms with Crippen LogP contribution in [0.2, 0.25) is 0 Å². The summed E-state index contributed by atoms with van der Waals surface area (Å²) in [5.74, 6) is 0.801. The minimum absolute atomic E-state index is 0.197. The number of aromatic nitrogens is 2. The second-order valence-electron chi connectivity index (χ2n) is 5.21. The molecule has 0 aromatic carbocycles. The van der Waals surface area contributed by atoms with Crippen molar-refractivity contribution < 1.29 is 4.74 Å². The van der Waals surface area contributed by atoms with Crippen LogP contribution >= 0.6 is 0 Å². The fourth-order valence-electron chi connectivity index (χ4n) is 2.38. The number of piperidine rings is 1. The first-order valence-corrected chi connectivity index (χ1v) is 7.07. The Labute approximate surface area is 115 Å². The Balaban J connectivity index is 1.97. The number of methoxy groups -OCH3 is 1. The number of anilines is 1. The molecule has 0 radical (unpaired) electrons. The molecule has 2 rings (SSSR count). The van der Waals surface area contributed by atoms with Crippen molar-refractivity contribution in [3.05, 3.63) is 18.0 Å². The van der Waals surface area contributed by atoms with Crippen LogP contribution in [0.3, 0.4) is 0 Å². The molecule has 1 saturated heterocycles. The summed E-state index contributed by atoms with van der Waals surface area (Å²) in [7, 11) is 1.77. The Kier molecular flexibility index (Phi) is 5.10. The molecule has 2 N–H and O–H groups in total. The lowest BCUT2D eigenvalue weighted by Crippen LogP contribution is -2.40. The van der Waals surface area contributed by atoms with Gasteiger partial charge in [0.1, 0.15) is 0 Å². The number of hydrogen-bond donors (Lipinski definition) is 1. The SMILES string of the molecule is CCC(N)Cc1cnc(N2CCCC(OC)C2)nc1. The van der Waals surface area contributed by atoms with Crippen molar-refractivity contribution in [1.82, 2.24) is 9.97 Å². The highest BCUT2D eigenvalue weighted by atomic mass is 16.5. The van der Waals surface area contributed by atoms with Gasteiger partial charge in [0.25, 0.3) is 0 Å². The van der Waals surface area contributed by atoms with Crippen LogP contribution in [-0.2, 0) is 11.2 Å². The summed E-state index contributed by atoms with van der Waals surface area (Å²) in [5.41, 5.74) is 7.05. The van der Waals surface area contributed by atoms with Crippen molar-refractivity contribution in [2.75, 3.05) is 25.1 Å². The van der Waals surface area contributed by atoms with Crippen LogP contribution in [0, 0.1) is 0 Å². The lowest BCUT2D eigenvalue weighted by atomic mass is 10.1. The molecule has 1 aromatic heterocycles. The first-order chi connectivity index (χ1) is 9.22. The molecule has 0 saturated carbocycles. The van der Waals surface area contributed by atoms with Crippen molar-refractivity contribution in [3.63, 3.8) is 0 Å². The molecule has 5 heteroatoms. The first kappa shape index (κ1) is 14.2. The molecule has 2 unspecified atom stereocenters. The predicted molar refractivity (Wildman–Crippen MR) is 76.2 cm³/mol. The molecule has 0 bridgehead atoms. The highest BCUT2D eigenvalue weighted by Crippen LogP contribution is 2.17. The van der Waals surface area contributed by atoms with E-state index in [0.29, 0.717) is 6.10 Å². The van der Waals surface area contributed by atoms with Crippen LogP contribution in [-0.4, -0.2) is 42.3 Å². The highest BCUT2D eigenvalue weighted by molar-refractivity contribution is 5.31. The van der Waals surface area contributed by atoms with Gasteiger partial charge in [-0.1, -0.05) is 6.92 Å². The van der Waals surface area contributed by atoms with E-state index in [9.17, 15) is 0 Å². The van der Waals surface area contributed by atoms with Gasteiger partial charge in [0.2, 0.25) is 5.95 Å². The Morgan fingerprint density at radius 2 is 2.21 bits per heavy atom. The Morgan fingerprint density at radius 1 is 1.47 bits per heavy atom. The Hall–Kier alpha value is -1.20. The molecule has 2 atom stereocenters. The van der Waals surface area contributed by atoms with Crippen molar-refractivity contribution in [3.8, 4) is 0 Å². The molecule has 1 fully saturated rings. The molecule has 19 heavy (non-hydrogen) atoms. The monoisotopic (exact) mass is 264 g/mol. The lowest BCUT2D eigenvalue weighted by molar-refractivity contribution is 0.0889. The second kappa shape index (κ2) is 6.82. The molecule has 106 valence electrons. The minimum atomic E-state index is 0.197. The number of hydrogen-bond acceptors (Lipinski definition) is 5. The molecule has 1 aliphatic rings. The molecule has 0 aliphatic carbocycles. The molecule has 0 amide bonds. The molecular weight excluding hydrogens is 240 g/mol. The summed E-state index contributed by atoms with van der Waals surface area (Å²) >= 11 is 0. The maximum atomic E-state index is 5.94. The minimum Gasteiger partial charge on any atom is -0.380 e. The first-order valence-electron chi connectivity index (χ1n) is 7.07. The third kappa shape index (κ3) is 3.88. The third-order valence-electron chi connectivity index (χ3n) is 3.71. The number of ether oxygens (including phenoxy) is 1. The predicted octanol–water partition coefficient (Wildman–Crippen LogP) is 1.37. The summed E-state index contributed by atoms with van der Waals surface area (Å²) in [6.07, 6.45) is 8.16. The smallest absolute Gasteiger partial charge is 0.225 e. The number of nitrogens with two attached hydrogens (primary N) is 1. The van der Waals surface area contributed by atoms with Crippen molar-refractivity contribution >= 4 is 5.95 Å². The van der Waals surface area contributed by atoms with Gasteiger partial charge in [0, 0.05) is 38.6 Å².